The molecular formula is C29H42O5. The molecule has 0 atom stereocenters. The molecule has 0 fully saturated rings. The van der Waals surface area contributed by atoms with Gasteiger partial charge < -0.3 is 20.1 Å². The molecule has 2 rings (SSSR count). The van der Waals surface area contributed by atoms with E-state index in [4.69, 9.17) is 4.74 Å². The SMILES string of the molecule is CC(C)(CO)COC(=O)CC(C)(c1ccc(O)c(C(C)(C)C)c1)c1ccc(O)c(C(C)(C)C)c1. The second kappa shape index (κ2) is 9.61. The number of carbonyl (C=O) groups excluding carboxylic acids is 1. The zero-order valence-electron chi connectivity index (χ0n) is 22.2. The molecule has 0 unspecified atom stereocenters. The van der Waals surface area contributed by atoms with Gasteiger partial charge in [0, 0.05) is 10.8 Å². The number of aromatic hydroxyl groups is 2. The van der Waals surface area contributed by atoms with Crippen molar-refractivity contribution in [2.24, 2.45) is 5.41 Å². The number of benzene rings is 2. The summed E-state index contributed by atoms with van der Waals surface area (Å²) >= 11 is 0. The zero-order valence-corrected chi connectivity index (χ0v) is 22.2. The molecule has 0 heterocycles. The van der Waals surface area contributed by atoms with E-state index in [1.165, 1.54) is 0 Å². The van der Waals surface area contributed by atoms with Crippen molar-refractivity contribution in [2.75, 3.05) is 13.2 Å². The van der Waals surface area contributed by atoms with Gasteiger partial charge in [0.05, 0.1) is 19.6 Å². The maximum atomic E-state index is 13.1. The number of rotatable bonds is 7. The van der Waals surface area contributed by atoms with Crippen molar-refractivity contribution in [3.63, 3.8) is 0 Å². The van der Waals surface area contributed by atoms with Gasteiger partial charge in [-0.25, -0.2) is 0 Å². The number of hydrogen-bond acceptors (Lipinski definition) is 5. The van der Waals surface area contributed by atoms with Crippen LogP contribution >= 0.6 is 0 Å². The monoisotopic (exact) mass is 470 g/mol. The van der Waals surface area contributed by atoms with E-state index in [9.17, 15) is 20.1 Å². The number of aliphatic hydroxyl groups excluding tert-OH is 1. The van der Waals surface area contributed by atoms with Gasteiger partial charge in [-0.3, -0.25) is 4.79 Å². The number of ether oxygens (including phenoxy) is 1. The Bertz CT molecular complexity index is 958. The van der Waals surface area contributed by atoms with Crippen LogP contribution in [0, 0.1) is 5.41 Å². The molecule has 3 N–H and O–H groups in total. The second-order valence-electron chi connectivity index (χ2n) is 12.5. The quantitative estimate of drug-likeness (QED) is 0.435. The Balaban J connectivity index is 2.65. The maximum absolute atomic E-state index is 13.1. The molecule has 0 saturated carbocycles. The molecule has 0 saturated heterocycles. The highest BCUT2D eigenvalue weighted by Gasteiger charge is 2.36. The Morgan fingerprint density at radius 2 is 1.18 bits per heavy atom. The standard InChI is InChI=1S/C29H42O5/c1-26(2,3)21-14-19(10-12-23(21)31)29(9,16-25(33)34-18-28(7,8)17-30)20-11-13-24(32)22(15-20)27(4,5)6/h10-15,30-32H,16-18H2,1-9H3. The summed E-state index contributed by atoms with van der Waals surface area (Å²) in [6.07, 6.45) is 0.0667. The van der Waals surface area contributed by atoms with Gasteiger partial charge in [-0.05, 0) is 45.2 Å². The first kappa shape index (κ1) is 27.7. The van der Waals surface area contributed by atoms with Gasteiger partial charge in [-0.1, -0.05) is 86.6 Å². The third kappa shape index (κ3) is 6.32. The van der Waals surface area contributed by atoms with E-state index in [2.05, 4.69) is 0 Å². The van der Waals surface area contributed by atoms with Gasteiger partial charge in [0.2, 0.25) is 0 Å². The Morgan fingerprint density at radius 1 is 0.765 bits per heavy atom. The molecule has 0 aliphatic heterocycles. The summed E-state index contributed by atoms with van der Waals surface area (Å²) in [4.78, 5) is 13.1. The molecule has 34 heavy (non-hydrogen) atoms. The molecule has 0 bridgehead atoms. The zero-order chi connectivity index (χ0) is 26.1. The summed E-state index contributed by atoms with van der Waals surface area (Å²) in [6, 6.07) is 11.0. The molecule has 0 spiro atoms. The number of carbonyl (C=O) groups is 1. The van der Waals surface area contributed by atoms with Crippen LogP contribution in [0.15, 0.2) is 36.4 Å². The van der Waals surface area contributed by atoms with Crippen LogP contribution in [0.2, 0.25) is 0 Å². The van der Waals surface area contributed by atoms with E-state index in [1.807, 2.05) is 86.6 Å². The summed E-state index contributed by atoms with van der Waals surface area (Å²) in [5.41, 5.74) is 1.44. The Labute approximate surface area is 204 Å². The van der Waals surface area contributed by atoms with Gasteiger partial charge >= 0.3 is 5.97 Å². The number of phenolic OH excluding ortho intramolecular Hbond substituents is 2. The molecule has 5 nitrogen and oxygen atoms in total. The van der Waals surface area contributed by atoms with Gasteiger partial charge in [0.25, 0.3) is 0 Å². The molecule has 0 aliphatic carbocycles. The van der Waals surface area contributed by atoms with Crippen LogP contribution in [0.4, 0.5) is 0 Å². The number of phenols is 2. The predicted octanol–water partition coefficient (Wildman–Crippen LogP) is 5.95. The fourth-order valence-corrected chi connectivity index (χ4v) is 3.99. The van der Waals surface area contributed by atoms with Crippen molar-refractivity contribution in [3.05, 3.63) is 58.7 Å². The van der Waals surface area contributed by atoms with Crippen LogP contribution < -0.4 is 0 Å². The fourth-order valence-electron chi connectivity index (χ4n) is 3.99. The first-order chi connectivity index (χ1) is 15.4. The molecular weight excluding hydrogens is 428 g/mol. The van der Waals surface area contributed by atoms with Crippen molar-refractivity contribution in [1.29, 1.82) is 0 Å². The predicted molar refractivity (Wildman–Crippen MR) is 137 cm³/mol. The molecule has 2 aromatic rings. The third-order valence-corrected chi connectivity index (χ3v) is 6.43. The third-order valence-electron chi connectivity index (χ3n) is 6.43. The fraction of sp³-hybridized carbons (Fsp3) is 0.552. The van der Waals surface area contributed by atoms with Gasteiger partial charge in [0.1, 0.15) is 11.5 Å². The van der Waals surface area contributed by atoms with Crippen molar-refractivity contribution in [2.45, 2.75) is 85.0 Å². The van der Waals surface area contributed by atoms with Crippen LogP contribution in [0.3, 0.4) is 0 Å². The normalized spacial score (nSPS) is 13.1. The molecule has 0 aromatic heterocycles. The Morgan fingerprint density at radius 3 is 1.53 bits per heavy atom. The summed E-state index contributed by atoms with van der Waals surface area (Å²) in [5.74, 6) is 0.0544. The Kier molecular flexibility index (Phi) is 7.83. The van der Waals surface area contributed by atoms with Crippen LogP contribution in [0.5, 0.6) is 11.5 Å². The molecule has 0 amide bonds. The highest BCUT2D eigenvalue weighted by molar-refractivity contribution is 5.73. The average molecular weight is 471 g/mol. The number of aliphatic hydroxyl groups is 1. The Hall–Kier alpha value is -2.53. The first-order valence-corrected chi connectivity index (χ1v) is 11.9. The lowest BCUT2D eigenvalue weighted by Gasteiger charge is -2.34. The lowest BCUT2D eigenvalue weighted by atomic mass is 9.70. The van der Waals surface area contributed by atoms with Gasteiger partial charge in [-0.2, -0.15) is 0 Å². The number of esters is 1. The van der Waals surface area contributed by atoms with Crippen LogP contribution in [-0.2, 0) is 25.8 Å². The molecule has 0 aliphatic rings. The smallest absolute Gasteiger partial charge is 0.307 e. The van der Waals surface area contributed by atoms with Crippen LogP contribution in [0.1, 0.15) is 91.0 Å². The highest BCUT2D eigenvalue weighted by Crippen LogP contribution is 2.43. The van der Waals surface area contributed by atoms with Gasteiger partial charge in [-0.15, -0.1) is 0 Å². The summed E-state index contributed by atoms with van der Waals surface area (Å²) in [6.45, 7) is 17.9. The minimum Gasteiger partial charge on any atom is -0.508 e. The molecule has 2 aromatic carbocycles. The minimum atomic E-state index is -0.776. The van der Waals surface area contributed by atoms with E-state index < -0.39 is 10.8 Å². The van der Waals surface area contributed by atoms with E-state index in [1.54, 1.807) is 12.1 Å². The molecule has 5 heteroatoms. The van der Waals surface area contributed by atoms with Crippen molar-refractivity contribution < 1.29 is 24.9 Å². The summed E-state index contributed by atoms with van der Waals surface area (Å²) < 4.78 is 5.58. The van der Waals surface area contributed by atoms with E-state index in [0.717, 1.165) is 22.3 Å². The van der Waals surface area contributed by atoms with Crippen LogP contribution in [0.25, 0.3) is 0 Å². The van der Waals surface area contributed by atoms with Gasteiger partial charge in [0.15, 0.2) is 0 Å². The van der Waals surface area contributed by atoms with Crippen molar-refractivity contribution in [3.8, 4) is 11.5 Å². The highest BCUT2D eigenvalue weighted by atomic mass is 16.5. The topological polar surface area (TPSA) is 87.0 Å². The van der Waals surface area contributed by atoms with Crippen LogP contribution in [-0.4, -0.2) is 34.5 Å². The first-order valence-electron chi connectivity index (χ1n) is 11.9. The van der Waals surface area contributed by atoms with Crippen molar-refractivity contribution >= 4 is 5.97 Å². The van der Waals surface area contributed by atoms with E-state index in [-0.39, 0.29) is 47.9 Å². The minimum absolute atomic E-state index is 0.0667. The second-order valence-corrected chi connectivity index (χ2v) is 12.5. The molecule has 0 radical (unpaired) electrons. The van der Waals surface area contributed by atoms with E-state index >= 15 is 0 Å². The maximum Gasteiger partial charge on any atom is 0.307 e. The lowest BCUT2D eigenvalue weighted by molar-refractivity contribution is -0.148. The average Bonchev–Trinajstić information content (AvgIpc) is 2.71. The molecule has 188 valence electrons. The summed E-state index contributed by atoms with van der Waals surface area (Å²) in [7, 11) is 0. The number of hydrogen-bond donors (Lipinski definition) is 3. The van der Waals surface area contributed by atoms with E-state index in [0.29, 0.717) is 0 Å². The lowest BCUT2D eigenvalue weighted by Crippen LogP contribution is -2.32. The summed E-state index contributed by atoms with van der Waals surface area (Å²) in [5, 5.41) is 30.6. The van der Waals surface area contributed by atoms with Crippen molar-refractivity contribution in [1.82, 2.24) is 0 Å². The largest absolute Gasteiger partial charge is 0.508 e.